The minimum Gasteiger partial charge on any atom is -0.384 e. The van der Waals surface area contributed by atoms with Crippen LogP contribution in [0.3, 0.4) is 0 Å². The fourth-order valence-corrected chi connectivity index (χ4v) is 4.54. The number of carbonyl (C=O) groups is 1. The van der Waals surface area contributed by atoms with E-state index in [1.54, 1.807) is 17.7 Å². The minimum absolute atomic E-state index is 0.0415. The summed E-state index contributed by atoms with van der Waals surface area (Å²) >= 11 is 0. The van der Waals surface area contributed by atoms with E-state index in [-0.39, 0.29) is 34.9 Å². The number of amides is 1. The highest BCUT2D eigenvalue weighted by atomic mass is 16.5. The van der Waals surface area contributed by atoms with Crippen LogP contribution in [0.2, 0.25) is 0 Å². The number of hydrogen-bond donors (Lipinski definition) is 2. The van der Waals surface area contributed by atoms with E-state index >= 15 is 0 Å². The first-order chi connectivity index (χ1) is 18.8. The molecule has 0 spiro atoms. The third-order valence-electron chi connectivity index (χ3n) is 6.57. The lowest BCUT2D eigenvalue weighted by molar-refractivity contribution is -0.117. The molecule has 1 aliphatic heterocycles. The summed E-state index contributed by atoms with van der Waals surface area (Å²) < 4.78 is 35.1. The van der Waals surface area contributed by atoms with Gasteiger partial charge in [-0.15, -0.1) is 15.3 Å². The Balaban J connectivity index is 1.37. The number of ether oxygens (including phenoxy) is 2. The Morgan fingerprint density at radius 3 is 3.03 bits per heavy atom. The standard InChI is InChI=1S/C24H27N9O3/c1-25-23-21-17(10-19(29-30-21)27-24(34)16-9-14(16)13-35-2)18(11-26-23)22-28-20-4-3-15(12-33(20)31-22)32-5-7-36-8-6-32/h3-4,10-12,14,16H,5-9,13H2,1-2H3,(H,25,26)(H,27,29,34)/t14-,16-/m0/s1/i1D3. The Hall–Kier alpha value is -3.90. The molecule has 0 radical (unpaired) electrons. The number of hydrogen-bond acceptors (Lipinski definition) is 10. The van der Waals surface area contributed by atoms with Gasteiger partial charge in [-0.1, -0.05) is 0 Å². The summed E-state index contributed by atoms with van der Waals surface area (Å²) in [7, 11) is 1.61. The first-order valence-electron chi connectivity index (χ1n) is 13.2. The molecule has 1 aliphatic carbocycles. The Labute approximate surface area is 211 Å². The molecular weight excluding hydrogens is 462 g/mol. The van der Waals surface area contributed by atoms with Crippen molar-refractivity contribution in [2.24, 2.45) is 11.8 Å². The highest BCUT2D eigenvalue weighted by Crippen LogP contribution is 2.39. The maximum absolute atomic E-state index is 12.7. The van der Waals surface area contributed by atoms with Crippen LogP contribution in [0.25, 0.3) is 27.9 Å². The van der Waals surface area contributed by atoms with Gasteiger partial charge in [0.05, 0.1) is 25.1 Å². The van der Waals surface area contributed by atoms with E-state index in [0.717, 1.165) is 25.2 Å². The van der Waals surface area contributed by atoms with Crippen molar-refractivity contribution in [3.63, 3.8) is 0 Å². The van der Waals surface area contributed by atoms with Crippen LogP contribution in [0.4, 0.5) is 17.3 Å². The van der Waals surface area contributed by atoms with Crippen molar-refractivity contribution < 1.29 is 18.4 Å². The average molecular weight is 493 g/mol. The number of methoxy groups -OCH3 is 1. The van der Waals surface area contributed by atoms with Gasteiger partial charge in [-0.05, 0) is 30.5 Å². The third kappa shape index (κ3) is 4.18. The Kier molecular flexibility index (Phi) is 4.98. The summed E-state index contributed by atoms with van der Waals surface area (Å²) in [6, 6.07) is 5.52. The molecule has 2 fully saturated rings. The van der Waals surface area contributed by atoms with Gasteiger partial charge < -0.3 is 25.0 Å². The van der Waals surface area contributed by atoms with Crippen LogP contribution in [0, 0.1) is 11.8 Å². The molecule has 36 heavy (non-hydrogen) atoms. The number of pyridine rings is 2. The molecule has 2 aliphatic rings. The van der Waals surface area contributed by atoms with E-state index in [2.05, 4.69) is 40.8 Å². The van der Waals surface area contributed by atoms with Crippen LogP contribution in [0.1, 0.15) is 10.5 Å². The summed E-state index contributed by atoms with van der Waals surface area (Å²) in [6.07, 6.45) is 4.16. The van der Waals surface area contributed by atoms with E-state index in [0.29, 0.717) is 42.2 Å². The fraction of sp³-hybridized carbons (Fsp3) is 0.417. The molecule has 12 nitrogen and oxygen atoms in total. The number of rotatable bonds is 7. The molecule has 186 valence electrons. The molecule has 0 aromatic carbocycles. The first-order valence-corrected chi connectivity index (χ1v) is 11.7. The second kappa shape index (κ2) is 9.28. The maximum Gasteiger partial charge on any atom is 0.229 e. The zero-order chi connectivity index (χ0) is 27.1. The van der Waals surface area contributed by atoms with Crippen molar-refractivity contribution in [2.75, 3.05) is 62.5 Å². The monoisotopic (exact) mass is 492 g/mol. The normalized spacial score (nSPS) is 21.1. The predicted octanol–water partition coefficient (Wildman–Crippen LogP) is 1.83. The zero-order valence-corrected chi connectivity index (χ0v) is 19.6. The Morgan fingerprint density at radius 1 is 1.31 bits per heavy atom. The van der Waals surface area contributed by atoms with Gasteiger partial charge in [0.15, 0.2) is 23.1 Å². The highest BCUT2D eigenvalue weighted by molar-refractivity contribution is 6.01. The molecule has 5 heterocycles. The van der Waals surface area contributed by atoms with E-state index in [9.17, 15) is 4.79 Å². The summed E-state index contributed by atoms with van der Waals surface area (Å²) in [5.74, 6) is 0.528. The predicted molar refractivity (Wildman–Crippen MR) is 134 cm³/mol. The SMILES string of the molecule is [2H]C([2H])([2H])Nc1ncc(-c2nc3ccc(N4CCOCC4)cn3n2)c2cc(NC(=O)[C@H]3C[C@H]3COC)nnc12. The van der Waals surface area contributed by atoms with Gasteiger partial charge in [-0.2, -0.15) is 0 Å². The molecule has 1 saturated carbocycles. The second-order valence-corrected chi connectivity index (χ2v) is 8.91. The topological polar surface area (TPSA) is 132 Å². The lowest BCUT2D eigenvalue weighted by Crippen LogP contribution is -2.36. The molecule has 2 atom stereocenters. The Morgan fingerprint density at radius 2 is 2.19 bits per heavy atom. The zero-order valence-electron chi connectivity index (χ0n) is 22.6. The van der Waals surface area contributed by atoms with Gasteiger partial charge in [0, 0.05) is 61.0 Å². The van der Waals surface area contributed by atoms with Gasteiger partial charge in [-0.3, -0.25) is 4.79 Å². The maximum atomic E-state index is 12.7. The van der Waals surface area contributed by atoms with Crippen molar-refractivity contribution in [3.8, 4) is 11.4 Å². The van der Waals surface area contributed by atoms with Crippen LogP contribution in [-0.2, 0) is 14.3 Å². The number of nitrogens with one attached hydrogen (secondary N) is 2. The molecule has 0 bridgehead atoms. The van der Waals surface area contributed by atoms with Crippen LogP contribution < -0.4 is 15.5 Å². The third-order valence-corrected chi connectivity index (χ3v) is 6.57. The molecule has 12 heteroatoms. The fourth-order valence-electron chi connectivity index (χ4n) is 4.54. The number of aromatic nitrogens is 6. The van der Waals surface area contributed by atoms with Gasteiger partial charge in [0.1, 0.15) is 5.52 Å². The van der Waals surface area contributed by atoms with Crippen molar-refractivity contribution in [3.05, 3.63) is 30.6 Å². The summed E-state index contributed by atoms with van der Waals surface area (Å²) in [6.45, 7) is 0.953. The van der Waals surface area contributed by atoms with Crippen LogP contribution in [-0.4, -0.2) is 82.7 Å². The molecule has 2 N–H and O–H groups in total. The molecule has 0 unspecified atom stereocenters. The van der Waals surface area contributed by atoms with Crippen molar-refractivity contribution in [1.82, 2.24) is 29.8 Å². The molecule has 4 aromatic heterocycles. The van der Waals surface area contributed by atoms with Crippen LogP contribution in [0.5, 0.6) is 0 Å². The smallest absolute Gasteiger partial charge is 0.229 e. The number of fused-ring (bicyclic) bond motifs is 2. The van der Waals surface area contributed by atoms with Crippen molar-refractivity contribution >= 4 is 39.8 Å². The van der Waals surface area contributed by atoms with E-state index < -0.39 is 6.98 Å². The lowest BCUT2D eigenvalue weighted by Gasteiger charge is -2.28. The molecule has 1 amide bonds. The summed E-state index contributed by atoms with van der Waals surface area (Å²) in [4.78, 5) is 23.9. The van der Waals surface area contributed by atoms with Crippen LogP contribution in [0.15, 0.2) is 30.6 Å². The van der Waals surface area contributed by atoms with Gasteiger partial charge in [0.25, 0.3) is 0 Å². The van der Waals surface area contributed by atoms with Gasteiger partial charge in [0.2, 0.25) is 5.91 Å². The van der Waals surface area contributed by atoms with E-state index in [1.807, 2.05) is 18.3 Å². The number of morpholine rings is 1. The quantitative estimate of drug-likeness (QED) is 0.394. The largest absolute Gasteiger partial charge is 0.384 e. The Bertz CT molecular complexity index is 1540. The second-order valence-electron chi connectivity index (χ2n) is 8.91. The first kappa shape index (κ1) is 19.3. The van der Waals surface area contributed by atoms with Gasteiger partial charge >= 0.3 is 0 Å². The summed E-state index contributed by atoms with van der Waals surface area (Å²) in [5.41, 5.74) is 2.38. The average Bonchev–Trinajstić information content (AvgIpc) is 3.56. The molecule has 1 saturated heterocycles. The molecule has 4 aromatic rings. The van der Waals surface area contributed by atoms with E-state index in [4.69, 9.17) is 13.6 Å². The number of anilines is 3. The summed E-state index contributed by atoms with van der Waals surface area (Å²) in [5, 5.41) is 18.7. The number of carbonyl (C=O) groups excluding carboxylic acids is 1. The lowest BCUT2D eigenvalue weighted by atomic mass is 10.1. The highest BCUT2D eigenvalue weighted by Gasteiger charge is 2.43. The molecule has 6 rings (SSSR count). The number of nitrogens with zero attached hydrogens (tertiary/aromatic N) is 7. The minimum atomic E-state index is -2.49. The molecular formula is C24H27N9O3. The van der Waals surface area contributed by atoms with Crippen molar-refractivity contribution in [1.29, 1.82) is 0 Å². The van der Waals surface area contributed by atoms with Gasteiger partial charge in [-0.25, -0.2) is 14.5 Å². The van der Waals surface area contributed by atoms with Crippen LogP contribution >= 0.6 is 0 Å². The van der Waals surface area contributed by atoms with Crippen molar-refractivity contribution in [2.45, 2.75) is 6.42 Å². The van der Waals surface area contributed by atoms with E-state index in [1.165, 1.54) is 6.20 Å².